The Morgan fingerprint density at radius 3 is 2.63 bits per heavy atom. The number of benzene rings is 1. The fourth-order valence-corrected chi connectivity index (χ4v) is 4.34. The van der Waals surface area contributed by atoms with Crippen molar-refractivity contribution in [3.05, 3.63) is 35.9 Å². The first kappa shape index (κ1) is 14.9. The average molecular weight is 299 g/mol. The van der Waals surface area contributed by atoms with Crippen molar-refractivity contribution in [3.8, 4) is 0 Å². The van der Waals surface area contributed by atoms with Crippen LogP contribution in [0.5, 0.6) is 0 Å². The highest BCUT2D eigenvalue weighted by atomic mass is 32.2. The Morgan fingerprint density at radius 1 is 1.32 bits per heavy atom. The van der Waals surface area contributed by atoms with Crippen LogP contribution in [0.25, 0.3) is 0 Å². The Kier molecular flexibility index (Phi) is 4.92. The predicted octanol–water partition coefficient (Wildman–Crippen LogP) is 2.21. The van der Waals surface area contributed by atoms with Gasteiger partial charge in [-0.15, -0.1) is 0 Å². The van der Waals surface area contributed by atoms with Gasteiger partial charge in [-0.05, 0) is 5.56 Å². The summed E-state index contributed by atoms with van der Waals surface area (Å²) in [7, 11) is -2.90. The van der Waals surface area contributed by atoms with E-state index < -0.39 is 9.84 Å². The standard InChI is InChI=1S/C14H21NO2S2/c1-12-14(13-6-4-3-5-7-13)15(8-10-18-12)9-11-19(2,16)17/h3-7,12,14H,8-11H2,1-2H3/t12-,14-/m1/s1. The monoisotopic (exact) mass is 299 g/mol. The molecular formula is C14H21NO2S2. The van der Waals surface area contributed by atoms with E-state index in [2.05, 4.69) is 36.1 Å². The molecule has 19 heavy (non-hydrogen) atoms. The number of sulfone groups is 1. The van der Waals surface area contributed by atoms with Gasteiger partial charge in [-0.1, -0.05) is 37.3 Å². The molecule has 0 saturated carbocycles. The first-order valence-electron chi connectivity index (χ1n) is 6.56. The molecule has 1 aliphatic rings. The van der Waals surface area contributed by atoms with Crippen molar-refractivity contribution in [2.45, 2.75) is 18.2 Å². The summed E-state index contributed by atoms with van der Waals surface area (Å²) in [6, 6.07) is 10.7. The van der Waals surface area contributed by atoms with Gasteiger partial charge in [0.05, 0.1) is 5.75 Å². The van der Waals surface area contributed by atoms with Gasteiger partial charge in [0.1, 0.15) is 9.84 Å². The van der Waals surface area contributed by atoms with Crippen molar-refractivity contribution in [3.63, 3.8) is 0 Å². The molecule has 5 heteroatoms. The van der Waals surface area contributed by atoms with E-state index >= 15 is 0 Å². The Labute approximate surface area is 120 Å². The maximum absolute atomic E-state index is 11.4. The molecule has 0 aromatic heterocycles. The molecule has 2 rings (SSSR count). The van der Waals surface area contributed by atoms with Gasteiger partial charge >= 0.3 is 0 Å². The highest BCUT2D eigenvalue weighted by molar-refractivity contribution is 8.00. The van der Waals surface area contributed by atoms with E-state index in [-0.39, 0.29) is 5.75 Å². The number of hydrogen-bond acceptors (Lipinski definition) is 4. The summed E-state index contributed by atoms with van der Waals surface area (Å²) in [5, 5.41) is 0.496. The van der Waals surface area contributed by atoms with Crippen molar-refractivity contribution in [1.29, 1.82) is 0 Å². The molecule has 0 N–H and O–H groups in total. The zero-order valence-corrected chi connectivity index (χ0v) is 13.1. The van der Waals surface area contributed by atoms with Crippen molar-refractivity contribution >= 4 is 21.6 Å². The second-order valence-corrected chi connectivity index (χ2v) is 8.84. The summed E-state index contributed by atoms with van der Waals surface area (Å²) in [4.78, 5) is 2.32. The third-order valence-corrected chi connectivity index (χ3v) is 5.61. The van der Waals surface area contributed by atoms with Crippen molar-refractivity contribution < 1.29 is 8.42 Å². The molecule has 1 aromatic carbocycles. The summed E-state index contributed by atoms with van der Waals surface area (Å²) in [5.41, 5.74) is 1.29. The molecule has 1 saturated heterocycles. The topological polar surface area (TPSA) is 37.4 Å². The van der Waals surface area contributed by atoms with Crippen LogP contribution >= 0.6 is 11.8 Å². The van der Waals surface area contributed by atoms with Gasteiger partial charge in [-0.2, -0.15) is 11.8 Å². The van der Waals surface area contributed by atoms with Gasteiger partial charge in [0.15, 0.2) is 0 Å². The van der Waals surface area contributed by atoms with Crippen LogP contribution < -0.4 is 0 Å². The van der Waals surface area contributed by atoms with E-state index in [1.165, 1.54) is 11.8 Å². The Morgan fingerprint density at radius 2 is 2.00 bits per heavy atom. The van der Waals surface area contributed by atoms with Crippen molar-refractivity contribution in [2.24, 2.45) is 0 Å². The molecule has 1 heterocycles. The average Bonchev–Trinajstić information content (AvgIpc) is 2.36. The summed E-state index contributed by atoms with van der Waals surface area (Å²) in [6.07, 6.45) is 1.31. The van der Waals surface area contributed by atoms with Crippen LogP contribution in [0.2, 0.25) is 0 Å². The minimum absolute atomic E-state index is 0.244. The molecule has 0 aliphatic carbocycles. The van der Waals surface area contributed by atoms with E-state index in [1.54, 1.807) is 0 Å². The maximum atomic E-state index is 11.4. The van der Waals surface area contributed by atoms with Crippen LogP contribution in [0.3, 0.4) is 0 Å². The highest BCUT2D eigenvalue weighted by Crippen LogP contribution is 2.35. The molecule has 0 bridgehead atoms. The fraction of sp³-hybridized carbons (Fsp3) is 0.571. The number of hydrogen-bond donors (Lipinski definition) is 0. The van der Waals surface area contributed by atoms with Gasteiger partial charge in [0.2, 0.25) is 0 Å². The summed E-state index contributed by atoms with van der Waals surface area (Å²) >= 11 is 1.97. The number of nitrogens with zero attached hydrogens (tertiary/aromatic N) is 1. The van der Waals surface area contributed by atoms with Crippen LogP contribution in [0.4, 0.5) is 0 Å². The van der Waals surface area contributed by atoms with Crippen molar-refractivity contribution in [2.75, 3.05) is 30.9 Å². The van der Waals surface area contributed by atoms with E-state index in [9.17, 15) is 8.42 Å². The van der Waals surface area contributed by atoms with Gasteiger partial charge in [0.25, 0.3) is 0 Å². The van der Waals surface area contributed by atoms with E-state index in [1.807, 2.05) is 17.8 Å². The van der Waals surface area contributed by atoms with Gasteiger partial charge in [-0.25, -0.2) is 8.42 Å². The first-order valence-corrected chi connectivity index (χ1v) is 9.66. The molecular weight excluding hydrogens is 278 g/mol. The van der Waals surface area contributed by atoms with Crippen molar-refractivity contribution in [1.82, 2.24) is 4.90 Å². The first-order chi connectivity index (χ1) is 8.97. The smallest absolute Gasteiger partial charge is 0.148 e. The highest BCUT2D eigenvalue weighted by Gasteiger charge is 2.30. The van der Waals surface area contributed by atoms with Gasteiger partial charge < -0.3 is 0 Å². The molecule has 106 valence electrons. The molecule has 1 fully saturated rings. The summed E-state index contributed by atoms with van der Waals surface area (Å²) < 4.78 is 22.7. The lowest BCUT2D eigenvalue weighted by molar-refractivity contribution is 0.213. The predicted molar refractivity (Wildman–Crippen MR) is 82.4 cm³/mol. The Hall–Kier alpha value is -0.520. The van der Waals surface area contributed by atoms with Crippen LogP contribution in [-0.2, 0) is 9.84 Å². The molecule has 0 amide bonds. The largest absolute Gasteiger partial charge is 0.293 e. The third-order valence-electron chi connectivity index (χ3n) is 3.49. The molecule has 3 nitrogen and oxygen atoms in total. The van der Waals surface area contributed by atoms with Crippen LogP contribution in [0, 0.1) is 0 Å². The van der Waals surface area contributed by atoms with Crippen LogP contribution in [0.1, 0.15) is 18.5 Å². The number of rotatable bonds is 4. The molecule has 0 spiro atoms. The minimum Gasteiger partial charge on any atom is -0.293 e. The zero-order chi connectivity index (χ0) is 13.9. The quantitative estimate of drug-likeness (QED) is 0.854. The lowest BCUT2D eigenvalue weighted by Gasteiger charge is -2.39. The minimum atomic E-state index is -2.90. The SMILES string of the molecule is C[C@H]1SCCN(CCS(C)(=O)=O)[C@H]1c1ccccc1. The second kappa shape index (κ2) is 6.29. The Bertz CT molecular complexity index is 501. The zero-order valence-electron chi connectivity index (χ0n) is 11.5. The summed E-state index contributed by atoms with van der Waals surface area (Å²) in [6.45, 7) is 3.82. The fourth-order valence-electron chi connectivity index (χ4n) is 2.55. The van der Waals surface area contributed by atoms with Crippen LogP contribution in [-0.4, -0.2) is 49.4 Å². The van der Waals surface area contributed by atoms with Gasteiger partial charge in [-0.3, -0.25) is 4.90 Å². The third kappa shape index (κ3) is 4.23. The van der Waals surface area contributed by atoms with E-state index in [4.69, 9.17) is 0 Å². The summed E-state index contributed by atoms with van der Waals surface area (Å²) in [5.74, 6) is 1.32. The van der Waals surface area contributed by atoms with E-state index in [0.717, 1.165) is 12.3 Å². The maximum Gasteiger partial charge on any atom is 0.148 e. The second-order valence-electron chi connectivity index (χ2n) is 5.10. The van der Waals surface area contributed by atoms with Crippen LogP contribution in [0.15, 0.2) is 30.3 Å². The Balaban J connectivity index is 2.15. The lowest BCUT2D eigenvalue weighted by Crippen LogP contribution is -2.42. The molecule has 0 radical (unpaired) electrons. The molecule has 1 aromatic rings. The van der Waals surface area contributed by atoms with E-state index in [0.29, 0.717) is 17.8 Å². The molecule has 2 atom stereocenters. The normalized spacial score (nSPS) is 25.4. The molecule has 0 unspecified atom stereocenters. The number of thioether (sulfide) groups is 1. The molecule has 1 aliphatic heterocycles. The lowest BCUT2D eigenvalue weighted by atomic mass is 10.0. The van der Waals surface area contributed by atoms with Gasteiger partial charge in [0, 0.05) is 36.4 Å².